The molecule has 3 nitrogen and oxygen atoms in total. The van der Waals surface area contributed by atoms with Gasteiger partial charge in [-0.2, -0.15) is 0 Å². The van der Waals surface area contributed by atoms with Crippen LogP contribution in [0.1, 0.15) is 26.7 Å². The topological polar surface area (TPSA) is 32.3 Å². The Hall–Kier alpha value is -1.17. The number of piperidine rings is 1. The summed E-state index contributed by atoms with van der Waals surface area (Å²) in [5.41, 5.74) is 0. The van der Waals surface area contributed by atoms with Crippen LogP contribution in [0.2, 0.25) is 0 Å². The summed E-state index contributed by atoms with van der Waals surface area (Å²) in [4.78, 5) is 12.9. The lowest BCUT2D eigenvalue weighted by Gasteiger charge is -2.29. The van der Waals surface area contributed by atoms with Gasteiger partial charge in [0.25, 0.3) is 0 Å². The number of rotatable bonds is 0. The van der Waals surface area contributed by atoms with Crippen molar-refractivity contribution in [3.63, 3.8) is 0 Å². The molecule has 80 valence electrons. The molecule has 1 rings (SSSR count). The standard InChI is InChI=1S/C9H14N2O.C2H6/c1-3-8-4-6-11(7-5-8)9(12)10-2;1-2/h1,8H,4-7H2,2H3,(H,10,12);1-2H3. The Balaban J connectivity index is 0.000000791. The Morgan fingerprint density at radius 1 is 1.43 bits per heavy atom. The van der Waals surface area contributed by atoms with Crippen LogP contribution in [0.3, 0.4) is 0 Å². The Morgan fingerprint density at radius 3 is 2.29 bits per heavy atom. The number of terminal acetylenes is 1. The minimum absolute atomic E-state index is 0.00507. The van der Waals surface area contributed by atoms with Crippen LogP contribution in [0.25, 0.3) is 0 Å². The molecule has 1 aliphatic heterocycles. The van der Waals surface area contributed by atoms with Crippen molar-refractivity contribution in [2.75, 3.05) is 20.1 Å². The van der Waals surface area contributed by atoms with E-state index in [-0.39, 0.29) is 6.03 Å². The fourth-order valence-electron chi connectivity index (χ4n) is 1.41. The highest BCUT2D eigenvalue weighted by Gasteiger charge is 2.20. The molecule has 0 saturated carbocycles. The lowest BCUT2D eigenvalue weighted by atomic mass is 9.98. The highest BCUT2D eigenvalue weighted by atomic mass is 16.2. The summed E-state index contributed by atoms with van der Waals surface area (Å²) in [5, 5.41) is 2.60. The van der Waals surface area contributed by atoms with Crippen LogP contribution in [-0.4, -0.2) is 31.1 Å². The molecule has 0 aromatic rings. The molecule has 1 aliphatic rings. The van der Waals surface area contributed by atoms with E-state index in [0.29, 0.717) is 5.92 Å². The van der Waals surface area contributed by atoms with E-state index in [2.05, 4.69) is 11.2 Å². The summed E-state index contributed by atoms with van der Waals surface area (Å²) in [5.74, 6) is 3.09. The number of hydrogen-bond acceptors (Lipinski definition) is 1. The summed E-state index contributed by atoms with van der Waals surface area (Å²) < 4.78 is 0. The average Bonchev–Trinajstić information content (AvgIpc) is 2.31. The summed E-state index contributed by atoms with van der Waals surface area (Å²) in [6.45, 7) is 5.57. The number of amides is 2. The second-order valence-electron chi connectivity index (χ2n) is 2.98. The summed E-state index contributed by atoms with van der Waals surface area (Å²) in [6, 6.07) is 0.00507. The van der Waals surface area contributed by atoms with Gasteiger partial charge in [0, 0.05) is 26.1 Å². The zero-order valence-electron chi connectivity index (χ0n) is 9.34. The van der Waals surface area contributed by atoms with E-state index in [4.69, 9.17) is 6.42 Å². The molecule has 1 fully saturated rings. The van der Waals surface area contributed by atoms with Crippen LogP contribution in [-0.2, 0) is 0 Å². The van der Waals surface area contributed by atoms with Gasteiger partial charge in [0.1, 0.15) is 0 Å². The third kappa shape index (κ3) is 3.69. The molecule has 0 radical (unpaired) electrons. The second-order valence-corrected chi connectivity index (χ2v) is 2.98. The molecule has 14 heavy (non-hydrogen) atoms. The van der Waals surface area contributed by atoms with Gasteiger partial charge < -0.3 is 10.2 Å². The van der Waals surface area contributed by atoms with Crippen LogP contribution in [0.4, 0.5) is 4.79 Å². The van der Waals surface area contributed by atoms with E-state index < -0.39 is 0 Å². The van der Waals surface area contributed by atoms with E-state index in [0.717, 1.165) is 25.9 Å². The van der Waals surface area contributed by atoms with E-state index in [1.165, 1.54) is 0 Å². The fourth-order valence-corrected chi connectivity index (χ4v) is 1.41. The van der Waals surface area contributed by atoms with Gasteiger partial charge in [0.15, 0.2) is 0 Å². The molecule has 1 heterocycles. The molecular weight excluding hydrogens is 176 g/mol. The Bertz CT molecular complexity index is 200. The third-order valence-electron chi connectivity index (χ3n) is 2.23. The average molecular weight is 196 g/mol. The fraction of sp³-hybridized carbons (Fsp3) is 0.727. The van der Waals surface area contributed by atoms with Crippen LogP contribution in [0.5, 0.6) is 0 Å². The predicted octanol–water partition coefficient (Wildman–Crippen LogP) is 1.70. The number of hydrogen-bond donors (Lipinski definition) is 1. The van der Waals surface area contributed by atoms with Gasteiger partial charge in [0.2, 0.25) is 0 Å². The smallest absolute Gasteiger partial charge is 0.317 e. The van der Waals surface area contributed by atoms with Gasteiger partial charge in [-0.25, -0.2) is 4.79 Å². The molecule has 0 aromatic heterocycles. The molecule has 0 atom stereocenters. The molecule has 0 bridgehead atoms. The number of urea groups is 1. The zero-order valence-corrected chi connectivity index (χ0v) is 9.34. The molecular formula is C11H20N2O. The van der Waals surface area contributed by atoms with Crippen molar-refractivity contribution in [2.24, 2.45) is 5.92 Å². The van der Waals surface area contributed by atoms with Crippen molar-refractivity contribution in [3.05, 3.63) is 0 Å². The van der Waals surface area contributed by atoms with Crippen LogP contribution in [0.15, 0.2) is 0 Å². The first-order valence-electron chi connectivity index (χ1n) is 5.20. The van der Waals surface area contributed by atoms with E-state index >= 15 is 0 Å². The van der Waals surface area contributed by atoms with Gasteiger partial charge in [-0.1, -0.05) is 13.8 Å². The number of nitrogens with zero attached hydrogens (tertiary/aromatic N) is 1. The van der Waals surface area contributed by atoms with E-state index in [1.807, 2.05) is 13.8 Å². The highest BCUT2D eigenvalue weighted by Crippen LogP contribution is 2.15. The molecule has 2 amide bonds. The monoisotopic (exact) mass is 196 g/mol. The van der Waals surface area contributed by atoms with Gasteiger partial charge in [-0.15, -0.1) is 12.3 Å². The Kier molecular flexibility index (Phi) is 6.65. The zero-order chi connectivity index (χ0) is 11.0. The van der Waals surface area contributed by atoms with Crippen LogP contribution < -0.4 is 5.32 Å². The van der Waals surface area contributed by atoms with Crippen molar-refractivity contribution >= 4 is 6.03 Å². The van der Waals surface area contributed by atoms with Crippen molar-refractivity contribution in [2.45, 2.75) is 26.7 Å². The van der Waals surface area contributed by atoms with E-state index in [9.17, 15) is 4.79 Å². The maximum atomic E-state index is 11.1. The van der Waals surface area contributed by atoms with Crippen LogP contribution in [0, 0.1) is 18.3 Å². The maximum Gasteiger partial charge on any atom is 0.317 e. The minimum Gasteiger partial charge on any atom is -0.341 e. The van der Waals surface area contributed by atoms with Crippen LogP contribution >= 0.6 is 0 Å². The van der Waals surface area contributed by atoms with Crippen molar-refractivity contribution in [1.82, 2.24) is 10.2 Å². The number of nitrogens with one attached hydrogen (secondary N) is 1. The summed E-state index contributed by atoms with van der Waals surface area (Å²) >= 11 is 0. The molecule has 0 unspecified atom stereocenters. The first-order valence-corrected chi connectivity index (χ1v) is 5.20. The van der Waals surface area contributed by atoms with Gasteiger partial charge in [0.05, 0.1) is 0 Å². The largest absolute Gasteiger partial charge is 0.341 e. The third-order valence-corrected chi connectivity index (χ3v) is 2.23. The predicted molar refractivity (Wildman–Crippen MR) is 58.9 cm³/mol. The first kappa shape index (κ1) is 12.8. The summed E-state index contributed by atoms with van der Waals surface area (Å²) in [7, 11) is 1.65. The van der Waals surface area contributed by atoms with Crippen molar-refractivity contribution in [3.8, 4) is 12.3 Å². The second kappa shape index (κ2) is 7.25. The summed E-state index contributed by atoms with van der Waals surface area (Å²) in [6.07, 6.45) is 7.16. The van der Waals surface area contributed by atoms with Crippen molar-refractivity contribution in [1.29, 1.82) is 0 Å². The molecule has 0 aliphatic carbocycles. The molecule has 1 N–H and O–H groups in total. The number of carbonyl (C=O) groups excluding carboxylic acids is 1. The molecule has 0 aromatic carbocycles. The quantitative estimate of drug-likeness (QED) is 0.588. The van der Waals surface area contributed by atoms with E-state index in [1.54, 1.807) is 11.9 Å². The number of carbonyl (C=O) groups is 1. The van der Waals surface area contributed by atoms with Crippen molar-refractivity contribution < 1.29 is 4.79 Å². The molecule has 0 spiro atoms. The van der Waals surface area contributed by atoms with Gasteiger partial charge in [-0.3, -0.25) is 0 Å². The lowest BCUT2D eigenvalue weighted by Crippen LogP contribution is -2.42. The SMILES string of the molecule is C#CC1CCN(C(=O)NC)CC1.CC. The first-order chi connectivity index (χ1) is 6.77. The maximum absolute atomic E-state index is 11.1. The molecule has 3 heteroatoms. The normalized spacial score (nSPS) is 16.3. The van der Waals surface area contributed by atoms with Gasteiger partial charge >= 0.3 is 6.03 Å². The number of likely N-dealkylation sites (tertiary alicyclic amines) is 1. The molecule has 1 saturated heterocycles. The lowest BCUT2D eigenvalue weighted by molar-refractivity contribution is 0.181. The minimum atomic E-state index is 0.00507. The van der Waals surface area contributed by atoms with Gasteiger partial charge in [-0.05, 0) is 12.8 Å². The Morgan fingerprint density at radius 2 is 1.93 bits per heavy atom. The Labute approximate surface area is 86.9 Å². The highest BCUT2D eigenvalue weighted by molar-refractivity contribution is 5.73.